The molecule has 3 saturated heterocycles. The third kappa shape index (κ3) is 4.44. The van der Waals surface area contributed by atoms with E-state index < -0.39 is 0 Å². The molecule has 3 fully saturated rings. The Morgan fingerprint density at radius 3 is 2.83 bits per heavy atom. The first-order valence-corrected chi connectivity index (χ1v) is 8.87. The van der Waals surface area contributed by atoms with E-state index >= 15 is 0 Å². The topological polar surface area (TPSA) is 83.1 Å². The van der Waals surface area contributed by atoms with Crippen LogP contribution in [-0.4, -0.2) is 98.9 Å². The van der Waals surface area contributed by atoms with E-state index in [1.807, 2.05) is 11.8 Å². The predicted molar refractivity (Wildman–Crippen MR) is 87.6 cm³/mol. The largest absolute Gasteiger partial charge is 0.379 e. The van der Waals surface area contributed by atoms with Gasteiger partial charge in [0.05, 0.1) is 32.0 Å². The maximum Gasteiger partial charge on any atom is 0.240 e. The molecule has 0 radical (unpaired) electrons. The van der Waals surface area contributed by atoms with Crippen molar-refractivity contribution >= 4 is 11.8 Å². The minimum absolute atomic E-state index is 0.0740. The van der Waals surface area contributed by atoms with Crippen LogP contribution in [-0.2, 0) is 19.1 Å². The predicted octanol–water partition coefficient (Wildman–Crippen LogP) is -1.59. The lowest BCUT2D eigenvalue weighted by molar-refractivity contribution is -0.129. The number of hydrogen-bond donors (Lipinski definition) is 2. The quantitative estimate of drug-likeness (QED) is 0.628. The number of ether oxygens (including phenoxy) is 2. The second-order valence-corrected chi connectivity index (χ2v) is 6.71. The third-order valence-electron chi connectivity index (χ3n) is 4.95. The number of amides is 2. The SMILES string of the molecule is C[C@H]1OCCN[C@@H]1C(=O)NC1CC(=O)N(CCN2CCOCC2)C1. The van der Waals surface area contributed by atoms with Crippen molar-refractivity contribution in [1.82, 2.24) is 20.4 Å². The molecule has 1 unspecified atom stereocenters. The van der Waals surface area contributed by atoms with Gasteiger partial charge in [-0.05, 0) is 6.92 Å². The van der Waals surface area contributed by atoms with Gasteiger partial charge in [-0.1, -0.05) is 0 Å². The molecule has 0 aliphatic carbocycles. The Bertz CT molecular complexity index is 455. The van der Waals surface area contributed by atoms with Crippen LogP contribution in [0.25, 0.3) is 0 Å². The van der Waals surface area contributed by atoms with Gasteiger partial charge in [-0.2, -0.15) is 0 Å². The lowest BCUT2D eigenvalue weighted by Gasteiger charge is -2.30. The van der Waals surface area contributed by atoms with Crippen LogP contribution in [0.3, 0.4) is 0 Å². The van der Waals surface area contributed by atoms with Gasteiger partial charge in [0.1, 0.15) is 6.04 Å². The van der Waals surface area contributed by atoms with Crippen LogP contribution >= 0.6 is 0 Å². The normalized spacial score (nSPS) is 32.1. The molecular weight excluding hydrogens is 312 g/mol. The maximum atomic E-state index is 12.4. The van der Waals surface area contributed by atoms with E-state index in [1.165, 1.54) is 0 Å². The van der Waals surface area contributed by atoms with E-state index in [0.29, 0.717) is 32.7 Å². The van der Waals surface area contributed by atoms with Crippen molar-refractivity contribution < 1.29 is 19.1 Å². The summed E-state index contributed by atoms with van der Waals surface area (Å²) in [6, 6.07) is -0.443. The molecule has 0 aromatic carbocycles. The molecule has 0 aromatic rings. The second-order valence-electron chi connectivity index (χ2n) is 6.71. The van der Waals surface area contributed by atoms with Gasteiger partial charge < -0.3 is 25.0 Å². The van der Waals surface area contributed by atoms with Crippen molar-refractivity contribution in [2.75, 3.05) is 59.1 Å². The number of carbonyl (C=O) groups excluding carboxylic acids is 2. The van der Waals surface area contributed by atoms with E-state index in [9.17, 15) is 9.59 Å². The summed E-state index contributed by atoms with van der Waals surface area (Å²) in [5.41, 5.74) is 0. The highest BCUT2D eigenvalue weighted by atomic mass is 16.5. The molecule has 3 atom stereocenters. The van der Waals surface area contributed by atoms with Crippen LogP contribution in [0.5, 0.6) is 0 Å². The van der Waals surface area contributed by atoms with Crippen molar-refractivity contribution in [3.8, 4) is 0 Å². The molecular formula is C16H28N4O4. The van der Waals surface area contributed by atoms with Gasteiger partial charge in [-0.15, -0.1) is 0 Å². The number of nitrogens with one attached hydrogen (secondary N) is 2. The van der Waals surface area contributed by atoms with Gasteiger partial charge in [0.2, 0.25) is 11.8 Å². The fourth-order valence-electron chi connectivity index (χ4n) is 3.49. The summed E-state index contributed by atoms with van der Waals surface area (Å²) >= 11 is 0. The third-order valence-corrected chi connectivity index (χ3v) is 4.95. The Morgan fingerprint density at radius 1 is 1.29 bits per heavy atom. The Balaban J connectivity index is 1.43. The molecule has 8 nitrogen and oxygen atoms in total. The zero-order chi connectivity index (χ0) is 16.9. The average molecular weight is 340 g/mol. The molecule has 2 N–H and O–H groups in total. The van der Waals surface area contributed by atoms with Gasteiger partial charge in [0.25, 0.3) is 0 Å². The fraction of sp³-hybridized carbons (Fsp3) is 0.875. The summed E-state index contributed by atoms with van der Waals surface area (Å²) in [6.07, 6.45) is 0.241. The number of rotatable bonds is 5. The molecule has 3 rings (SSSR count). The Labute approximate surface area is 142 Å². The fourth-order valence-corrected chi connectivity index (χ4v) is 3.49. The molecule has 0 spiro atoms. The number of morpholine rings is 2. The lowest BCUT2D eigenvalue weighted by Crippen LogP contribution is -2.57. The van der Waals surface area contributed by atoms with Gasteiger partial charge in [0, 0.05) is 45.7 Å². The highest BCUT2D eigenvalue weighted by Gasteiger charge is 2.34. The summed E-state index contributed by atoms with van der Waals surface area (Å²) < 4.78 is 10.8. The maximum absolute atomic E-state index is 12.4. The summed E-state index contributed by atoms with van der Waals surface area (Å²) in [5, 5.41) is 6.18. The Kier molecular flexibility index (Phi) is 6.04. The van der Waals surface area contributed by atoms with Crippen LogP contribution in [0.1, 0.15) is 13.3 Å². The highest BCUT2D eigenvalue weighted by Crippen LogP contribution is 2.13. The van der Waals surface area contributed by atoms with Gasteiger partial charge in [-0.3, -0.25) is 14.5 Å². The van der Waals surface area contributed by atoms with Gasteiger partial charge >= 0.3 is 0 Å². The van der Waals surface area contributed by atoms with Crippen LogP contribution in [0.4, 0.5) is 0 Å². The van der Waals surface area contributed by atoms with Crippen LogP contribution in [0.2, 0.25) is 0 Å². The number of carbonyl (C=O) groups is 2. The first-order valence-electron chi connectivity index (χ1n) is 8.87. The second kappa shape index (κ2) is 8.24. The van der Waals surface area contributed by atoms with E-state index in [-0.39, 0.29) is 30.0 Å². The molecule has 136 valence electrons. The van der Waals surface area contributed by atoms with E-state index in [1.54, 1.807) is 0 Å². The van der Waals surface area contributed by atoms with Crippen molar-refractivity contribution in [2.45, 2.75) is 31.5 Å². The molecule has 3 aliphatic rings. The summed E-state index contributed by atoms with van der Waals surface area (Å²) in [4.78, 5) is 28.7. The lowest BCUT2D eigenvalue weighted by atomic mass is 10.1. The molecule has 24 heavy (non-hydrogen) atoms. The zero-order valence-electron chi connectivity index (χ0n) is 14.3. The van der Waals surface area contributed by atoms with Gasteiger partial charge in [-0.25, -0.2) is 0 Å². The number of likely N-dealkylation sites (tertiary alicyclic amines) is 1. The summed E-state index contributed by atoms with van der Waals surface area (Å²) in [6.45, 7) is 8.75. The molecule has 3 aliphatic heterocycles. The van der Waals surface area contributed by atoms with Crippen molar-refractivity contribution in [2.24, 2.45) is 0 Å². The number of nitrogens with zero attached hydrogens (tertiary/aromatic N) is 2. The molecule has 0 bridgehead atoms. The minimum atomic E-state index is -0.337. The minimum Gasteiger partial charge on any atom is -0.379 e. The smallest absolute Gasteiger partial charge is 0.240 e. The molecule has 3 heterocycles. The van der Waals surface area contributed by atoms with E-state index in [2.05, 4.69) is 15.5 Å². The number of hydrogen-bond acceptors (Lipinski definition) is 6. The van der Waals surface area contributed by atoms with E-state index in [0.717, 1.165) is 32.8 Å². The summed E-state index contributed by atoms with van der Waals surface area (Å²) in [7, 11) is 0. The molecule has 0 aromatic heterocycles. The molecule has 8 heteroatoms. The van der Waals surface area contributed by atoms with Crippen molar-refractivity contribution in [3.63, 3.8) is 0 Å². The molecule has 0 saturated carbocycles. The van der Waals surface area contributed by atoms with E-state index in [4.69, 9.17) is 9.47 Å². The van der Waals surface area contributed by atoms with Gasteiger partial charge in [0.15, 0.2) is 0 Å². The highest BCUT2D eigenvalue weighted by molar-refractivity contribution is 5.85. The average Bonchev–Trinajstić information content (AvgIpc) is 2.93. The van der Waals surface area contributed by atoms with Crippen molar-refractivity contribution in [3.05, 3.63) is 0 Å². The van der Waals surface area contributed by atoms with Crippen LogP contribution < -0.4 is 10.6 Å². The standard InChI is InChI=1S/C16H28N4O4/c1-12-15(17-2-7-24-12)16(22)18-13-10-14(21)20(11-13)4-3-19-5-8-23-9-6-19/h12-13,15,17H,2-11H2,1H3,(H,18,22)/t12-,13?,15+/m1/s1. The van der Waals surface area contributed by atoms with Crippen LogP contribution in [0, 0.1) is 0 Å². The Morgan fingerprint density at radius 2 is 2.08 bits per heavy atom. The summed E-state index contributed by atoms with van der Waals surface area (Å²) in [5.74, 6) is 0.0458. The first kappa shape index (κ1) is 17.6. The van der Waals surface area contributed by atoms with Crippen LogP contribution in [0.15, 0.2) is 0 Å². The Hall–Kier alpha value is -1.22. The van der Waals surface area contributed by atoms with Crippen molar-refractivity contribution in [1.29, 1.82) is 0 Å². The molecule has 2 amide bonds. The monoisotopic (exact) mass is 340 g/mol. The zero-order valence-corrected chi connectivity index (χ0v) is 14.3. The first-order chi connectivity index (χ1) is 11.6.